The Balaban J connectivity index is 2.23. The van der Waals surface area contributed by atoms with Crippen LogP contribution in [0.2, 0.25) is 0 Å². The fourth-order valence-corrected chi connectivity index (χ4v) is 2.43. The van der Waals surface area contributed by atoms with E-state index >= 15 is 0 Å². The quantitative estimate of drug-likeness (QED) is 0.673. The maximum atomic E-state index is 13.0. The molecule has 0 aliphatic carbocycles. The van der Waals surface area contributed by atoms with Gasteiger partial charge in [0.05, 0.1) is 12.3 Å². The summed E-state index contributed by atoms with van der Waals surface area (Å²) in [5, 5.41) is 0. The van der Waals surface area contributed by atoms with Gasteiger partial charge in [-0.15, -0.1) is 0 Å². The predicted molar refractivity (Wildman–Crippen MR) is 71.3 cm³/mol. The third-order valence-electron chi connectivity index (χ3n) is 2.91. The van der Waals surface area contributed by atoms with Gasteiger partial charge in [0.15, 0.2) is 0 Å². The smallest absolute Gasteiger partial charge is 0.124 e. The van der Waals surface area contributed by atoms with Crippen LogP contribution in [0.15, 0.2) is 39.4 Å². The normalized spacial score (nSPS) is 12.7. The molecule has 0 fully saturated rings. The lowest BCUT2D eigenvalue weighted by molar-refractivity contribution is 0.501. The Labute approximate surface area is 113 Å². The molecule has 0 aliphatic heterocycles. The number of nitrogens with two attached hydrogens (primary N) is 1. The van der Waals surface area contributed by atoms with Gasteiger partial charge in [-0.25, -0.2) is 4.39 Å². The number of halogens is 2. The van der Waals surface area contributed by atoms with Gasteiger partial charge in [-0.3, -0.25) is 11.3 Å². The van der Waals surface area contributed by atoms with Crippen LogP contribution in [0.5, 0.6) is 0 Å². The molecule has 0 amide bonds. The van der Waals surface area contributed by atoms with Gasteiger partial charge in [0, 0.05) is 10.0 Å². The molecule has 0 saturated carbocycles. The summed E-state index contributed by atoms with van der Waals surface area (Å²) in [5.74, 6) is 6.15. The van der Waals surface area contributed by atoms with E-state index < -0.39 is 0 Å². The highest BCUT2D eigenvalue weighted by Crippen LogP contribution is 2.26. The van der Waals surface area contributed by atoms with Crippen molar-refractivity contribution >= 4 is 15.9 Å². The van der Waals surface area contributed by atoms with Gasteiger partial charge < -0.3 is 4.42 Å². The number of nitrogens with one attached hydrogen (secondary N) is 1. The van der Waals surface area contributed by atoms with Crippen LogP contribution < -0.4 is 11.3 Å². The van der Waals surface area contributed by atoms with Gasteiger partial charge >= 0.3 is 0 Å². The molecule has 2 aromatic rings. The van der Waals surface area contributed by atoms with Crippen LogP contribution >= 0.6 is 15.9 Å². The third-order valence-corrected chi connectivity index (χ3v) is 3.65. The summed E-state index contributed by atoms with van der Waals surface area (Å²) in [7, 11) is 0. The Kier molecular flexibility index (Phi) is 4.16. The average Bonchev–Trinajstić information content (AvgIpc) is 2.75. The molecule has 18 heavy (non-hydrogen) atoms. The van der Waals surface area contributed by atoms with Crippen LogP contribution in [0, 0.1) is 12.7 Å². The highest BCUT2D eigenvalue weighted by molar-refractivity contribution is 9.10. The molecule has 1 heterocycles. The number of hydrogen-bond donors (Lipinski definition) is 2. The monoisotopic (exact) mass is 312 g/mol. The third kappa shape index (κ3) is 2.80. The first-order valence-corrected chi connectivity index (χ1v) is 6.35. The standard InChI is InChI=1S/C13H14BrFN2O/c1-8-11(4-5-18-8)13(17-16)6-9-2-3-10(15)7-12(9)14/h2-5,7,13,17H,6,16H2,1H3. The van der Waals surface area contributed by atoms with Crippen LogP contribution in [0.4, 0.5) is 4.39 Å². The summed E-state index contributed by atoms with van der Waals surface area (Å²) < 4.78 is 19.0. The largest absolute Gasteiger partial charge is 0.469 e. The molecule has 1 unspecified atom stereocenters. The van der Waals surface area contributed by atoms with Crippen LogP contribution in [0.1, 0.15) is 22.9 Å². The molecule has 3 nitrogen and oxygen atoms in total. The lowest BCUT2D eigenvalue weighted by atomic mass is 10.00. The molecule has 1 atom stereocenters. The summed E-state index contributed by atoms with van der Waals surface area (Å²) in [4.78, 5) is 0. The van der Waals surface area contributed by atoms with Crippen molar-refractivity contribution in [2.45, 2.75) is 19.4 Å². The fourth-order valence-electron chi connectivity index (χ4n) is 1.92. The molecule has 0 bridgehead atoms. The number of hydrogen-bond acceptors (Lipinski definition) is 3. The predicted octanol–water partition coefficient (Wildman–Crippen LogP) is 3.24. The van der Waals surface area contributed by atoms with Crippen LogP contribution in [0.25, 0.3) is 0 Å². The molecule has 0 saturated heterocycles. The molecule has 3 N–H and O–H groups in total. The van der Waals surface area contributed by atoms with Gasteiger partial charge in [-0.1, -0.05) is 22.0 Å². The number of aryl methyl sites for hydroxylation is 1. The topological polar surface area (TPSA) is 51.2 Å². The van der Waals surface area contributed by atoms with E-state index in [0.717, 1.165) is 21.4 Å². The van der Waals surface area contributed by atoms with Crippen molar-refractivity contribution in [2.75, 3.05) is 0 Å². The van der Waals surface area contributed by atoms with Crippen LogP contribution in [-0.4, -0.2) is 0 Å². The first kappa shape index (κ1) is 13.3. The fraction of sp³-hybridized carbons (Fsp3) is 0.231. The van der Waals surface area contributed by atoms with Crippen LogP contribution in [-0.2, 0) is 6.42 Å². The molecule has 1 aromatic carbocycles. The van der Waals surface area contributed by atoms with Gasteiger partial charge in [0.2, 0.25) is 0 Å². The summed E-state index contributed by atoms with van der Waals surface area (Å²) >= 11 is 3.35. The van der Waals surface area contributed by atoms with E-state index in [1.54, 1.807) is 12.3 Å². The minimum absolute atomic E-state index is 0.0643. The zero-order chi connectivity index (χ0) is 13.1. The van der Waals surface area contributed by atoms with E-state index in [9.17, 15) is 4.39 Å². The van der Waals surface area contributed by atoms with Gasteiger partial charge in [-0.2, -0.15) is 0 Å². The summed E-state index contributed by atoms with van der Waals surface area (Å²) in [6.07, 6.45) is 2.28. The number of benzene rings is 1. The first-order chi connectivity index (χ1) is 8.61. The van der Waals surface area contributed by atoms with Crippen molar-refractivity contribution in [1.29, 1.82) is 0 Å². The Bertz CT molecular complexity index is 542. The molecule has 96 valence electrons. The summed E-state index contributed by atoms with van der Waals surface area (Å²) in [6.45, 7) is 1.89. The maximum absolute atomic E-state index is 13.0. The lowest BCUT2D eigenvalue weighted by Gasteiger charge is -2.16. The molecule has 0 radical (unpaired) electrons. The number of hydrazine groups is 1. The molecular formula is C13H14BrFN2O. The van der Waals surface area contributed by atoms with E-state index in [0.29, 0.717) is 6.42 Å². The maximum Gasteiger partial charge on any atom is 0.124 e. The Hall–Kier alpha value is -1.17. The highest BCUT2D eigenvalue weighted by atomic mass is 79.9. The molecular weight excluding hydrogens is 299 g/mol. The van der Waals surface area contributed by atoms with Crippen molar-refractivity contribution in [3.8, 4) is 0 Å². The van der Waals surface area contributed by atoms with E-state index in [4.69, 9.17) is 10.3 Å². The van der Waals surface area contributed by atoms with E-state index in [1.807, 2.05) is 13.0 Å². The minimum Gasteiger partial charge on any atom is -0.469 e. The molecule has 1 aromatic heterocycles. The zero-order valence-electron chi connectivity index (χ0n) is 9.91. The molecule has 5 heteroatoms. The van der Waals surface area contributed by atoms with E-state index in [1.165, 1.54) is 12.1 Å². The first-order valence-electron chi connectivity index (χ1n) is 5.56. The average molecular weight is 313 g/mol. The molecule has 0 aliphatic rings. The molecule has 0 spiro atoms. The van der Waals surface area contributed by atoms with Crippen molar-refractivity contribution in [2.24, 2.45) is 5.84 Å². The van der Waals surface area contributed by atoms with E-state index in [2.05, 4.69) is 21.4 Å². The second kappa shape index (κ2) is 5.65. The number of rotatable bonds is 4. The second-order valence-electron chi connectivity index (χ2n) is 4.09. The summed E-state index contributed by atoms with van der Waals surface area (Å²) in [5.41, 5.74) is 4.76. The van der Waals surface area contributed by atoms with Crippen molar-refractivity contribution in [3.05, 3.63) is 57.7 Å². The van der Waals surface area contributed by atoms with Crippen molar-refractivity contribution in [3.63, 3.8) is 0 Å². The summed E-state index contributed by atoms with van der Waals surface area (Å²) in [6, 6.07) is 6.46. The SMILES string of the molecule is Cc1occc1C(Cc1ccc(F)cc1Br)NN. The highest BCUT2D eigenvalue weighted by Gasteiger charge is 2.16. The van der Waals surface area contributed by atoms with Gasteiger partial charge in [0.25, 0.3) is 0 Å². The zero-order valence-corrected chi connectivity index (χ0v) is 11.5. The Morgan fingerprint density at radius 3 is 2.78 bits per heavy atom. The van der Waals surface area contributed by atoms with Gasteiger partial charge in [-0.05, 0) is 37.1 Å². The minimum atomic E-state index is -0.262. The van der Waals surface area contributed by atoms with E-state index in [-0.39, 0.29) is 11.9 Å². The van der Waals surface area contributed by atoms with Crippen LogP contribution in [0.3, 0.4) is 0 Å². The Morgan fingerprint density at radius 1 is 1.44 bits per heavy atom. The Morgan fingerprint density at radius 2 is 2.22 bits per heavy atom. The number of furan rings is 1. The lowest BCUT2D eigenvalue weighted by Crippen LogP contribution is -2.29. The van der Waals surface area contributed by atoms with Crippen molar-refractivity contribution < 1.29 is 8.81 Å². The molecule has 2 rings (SSSR count). The second-order valence-corrected chi connectivity index (χ2v) is 4.95. The van der Waals surface area contributed by atoms with Crippen molar-refractivity contribution in [1.82, 2.24) is 5.43 Å². The van der Waals surface area contributed by atoms with Gasteiger partial charge in [0.1, 0.15) is 11.6 Å².